The Morgan fingerprint density at radius 3 is 2.07 bits per heavy atom. The number of carbonyl (C=O) groups excluding carboxylic acids is 1. The van der Waals surface area contributed by atoms with Gasteiger partial charge in [0, 0.05) is 18.8 Å². The van der Waals surface area contributed by atoms with Crippen LogP contribution in [0.1, 0.15) is 19.4 Å². The quantitative estimate of drug-likeness (QED) is 0.578. The molecule has 30 heavy (non-hydrogen) atoms. The maximum atomic E-state index is 12.6. The Morgan fingerprint density at radius 1 is 0.833 bits per heavy atom. The lowest BCUT2D eigenvalue weighted by Crippen LogP contribution is -2.30. The largest absolute Gasteiger partial charge is 0.326 e. The third kappa shape index (κ3) is 4.96. The molecule has 156 valence electrons. The highest BCUT2D eigenvalue weighted by atomic mass is 32.2. The molecule has 0 saturated heterocycles. The van der Waals surface area contributed by atoms with Crippen LogP contribution in [0, 0.1) is 0 Å². The van der Waals surface area contributed by atoms with Gasteiger partial charge in [-0.3, -0.25) is 4.79 Å². The Kier molecular flexibility index (Phi) is 7.03. The van der Waals surface area contributed by atoms with Crippen molar-refractivity contribution in [2.24, 2.45) is 0 Å². The Bertz CT molecular complexity index is 1090. The van der Waals surface area contributed by atoms with Crippen LogP contribution in [0.15, 0.2) is 83.8 Å². The molecular formula is C24H26N2O3S. The molecule has 6 heteroatoms. The number of sulfonamides is 1. The van der Waals surface area contributed by atoms with Crippen molar-refractivity contribution in [3.05, 3.63) is 84.4 Å². The van der Waals surface area contributed by atoms with E-state index in [-0.39, 0.29) is 17.2 Å². The van der Waals surface area contributed by atoms with E-state index in [0.29, 0.717) is 18.8 Å². The number of rotatable bonds is 8. The molecule has 3 aromatic rings. The number of amides is 1. The van der Waals surface area contributed by atoms with E-state index < -0.39 is 10.0 Å². The summed E-state index contributed by atoms with van der Waals surface area (Å²) in [6.45, 7) is 4.45. The average Bonchev–Trinajstić information content (AvgIpc) is 2.76. The first-order chi connectivity index (χ1) is 14.5. The molecule has 0 aromatic heterocycles. The van der Waals surface area contributed by atoms with Gasteiger partial charge < -0.3 is 5.32 Å². The summed E-state index contributed by atoms with van der Waals surface area (Å²) in [7, 11) is -3.51. The van der Waals surface area contributed by atoms with Crippen LogP contribution in [0.4, 0.5) is 5.69 Å². The topological polar surface area (TPSA) is 66.5 Å². The molecule has 0 bridgehead atoms. The molecule has 1 N–H and O–H groups in total. The first-order valence-corrected chi connectivity index (χ1v) is 11.4. The normalized spacial score (nSPS) is 11.4. The summed E-state index contributed by atoms with van der Waals surface area (Å²) in [5.41, 5.74) is 3.58. The molecule has 0 fully saturated rings. The van der Waals surface area contributed by atoms with Gasteiger partial charge in [0.25, 0.3) is 0 Å². The molecule has 0 spiro atoms. The highest BCUT2D eigenvalue weighted by Crippen LogP contribution is 2.24. The maximum Gasteiger partial charge on any atom is 0.243 e. The molecule has 3 rings (SSSR count). The molecule has 0 aliphatic carbocycles. The third-order valence-corrected chi connectivity index (χ3v) is 7.00. The van der Waals surface area contributed by atoms with Crippen LogP contribution >= 0.6 is 0 Å². The molecule has 3 aromatic carbocycles. The van der Waals surface area contributed by atoms with E-state index in [1.807, 2.05) is 68.4 Å². The summed E-state index contributed by atoms with van der Waals surface area (Å²) in [6.07, 6.45) is 0.227. The van der Waals surface area contributed by atoms with E-state index in [0.717, 1.165) is 16.7 Å². The molecule has 0 aliphatic rings. The summed E-state index contributed by atoms with van der Waals surface area (Å²) in [6, 6.07) is 24.1. The van der Waals surface area contributed by atoms with Crippen molar-refractivity contribution in [1.82, 2.24) is 4.31 Å². The molecular weight excluding hydrogens is 396 g/mol. The van der Waals surface area contributed by atoms with Crippen molar-refractivity contribution in [3.63, 3.8) is 0 Å². The summed E-state index contributed by atoms with van der Waals surface area (Å²) in [4.78, 5) is 12.8. The van der Waals surface area contributed by atoms with Crippen molar-refractivity contribution >= 4 is 21.6 Å². The van der Waals surface area contributed by atoms with Gasteiger partial charge in [0.1, 0.15) is 0 Å². The highest BCUT2D eigenvalue weighted by Gasteiger charge is 2.21. The molecule has 0 atom stereocenters. The molecule has 0 aliphatic heterocycles. The van der Waals surface area contributed by atoms with Crippen LogP contribution in [-0.4, -0.2) is 31.7 Å². The fraction of sp³-hybridized carbons (Fsp3) is 0.208. The van der Waals surface area contributed by atoms with E-state index in [4.69, 9.17) is 0 Å². The Balaban J connectivity index is 1.72. The van der Waals surface area contributed by atoms with Crippen LogP contribution in [0.25, 0.3) is 11.1 Å². The van der Waals surface area contributed by atoms with Gasteiger partial charge in [-0.2, -0.15) is 4.31 Å². The van der Waals surface area contributed by atoms with Crippen molar-refractivity contribution in [1.29, 1.82) is 0 Å². The monoisotopic (exact) mass is 422 g/mol. The van der Waals surface area contributed by atoms with Gasteiger partial charge in [0.05, 0.1) is 11.3 Å². The number of nitrogens with zero attached hydrogens (tertiary/aromatic N) is 1. The summed E-state index contributed by atoms with van der Waals surface area (Å²) >= 11 is 0. The van der Waals surface area contributed by atoms with Gasteiger partial charge in [-0.1, -0.05) is 68.4 Å². The highest BCUT2D eigenvalue weighted by molar-refractivity contribution is 7.89. The van der Waals surface area contributed by atoms with E-state index >= 15 is 0 Å². The van der Waals surface area contributed by atoms with Gasteiger partial charge in [-0.05, 0) is 41.0 Å². The number of hydrogen-bond donors (Lipinski definition) is 1. The van der Waals surface area contributed by atoms with E-state index in [1.54, 1.807) is 12.1 Å². The third-order valence-electron chi connectivity index (χ3n) is 4.93. The van der Waals surface area contributed by atoms with Gasteiger partial charge >= 0.3 is 0 Å². The van der Waals surface area contributed by atoms with Gasteiger partial charge in [0.15, 0.2) is 0 Å². The number of nitrogens with one attached hydrogen (secondary N) is 1. The number of hydrogen-bond acceptors (Lipinski definition) is 3. The van der Waals surface area contributed by atoms with E-state index in [1.165, 1.54) is 16.4 Å². The van der Waals surface area contributed by atoms with Crippen LogP contribution in [0.5, 0.6) is 0 Å². The van der Waals surface area contributed by atoms with Gasteiger partial charge in [0.2, 0.25) is 15.9 Å². The SMILES string of the molecule is CCN(CC)S(=O)(=O)c1ccc(NC(=O)Cc2ccccc2-c2ccccc2)cc1. The second kappa shape index (κ2) is 9.69. The Labute approximate surface area is 178 Å². The lowest BCUT2D eigenvalue weighted by atomic mass is 9.97. The minimum Gasteiger partial charge on any atom is -0.326 e. The fourth-order valence-corrected chi connectivity index (χ4v) is 4.83. The summed E-state index contributed by atoms with van der Waals surface area (Å²) in [5, 5.41) is 2.86. The van der Waals surface area contributed by atoms with Gasteiger partial charge in [-0.25, -0.2) is 8.42 Å². The fourth-order valence-electron chi connectivity index (χ4n) is 3.37. The van der Waals surface area contributed by atoms with Crippen LogP contribution in [0.2, 0.25) is 0 Å². The Morgan fingerprint density at radius 2 is 1.43 bits per heavy atom. The van der Waals surface area contributed by atoms with Crippen LogP contribution in [-0.2, 0) is 21.2 Å². The van der Waals surface area contributed by atoms with Crippen LogP contribution in [0.3, 0.4) is 0 Å². The van der Waals surface area contributed by atoms with Crippen molar-refractivity contribution < 1.29 is 13.2 Å². The second-order valence-corrected chi connectivity index (χ2v) is 8.80. The van der Waals surface area contributed by atoms with Crippen LogP contribution < -0.4 is 5.32 Å². The molecule has 0 saturated carbocycles. The summed E-state index contributed by atoms with van der Waals surface area (Å²) < 4.78 is 26.6. The second-order valence-electron chi connectivity index (χ2n) is 6.86. The minimum absolute atomic E-state index is 0.155. The standard InChI is InChI=1S/C24H26N2O3S/c1-3-26(4-2)30(28,29)22-16-14-21(15-17-22)25-24(27)18-20-12-8-9-13-23(20)19-10-6-5-7-11-19/h5-17H,3-4,18H2,1-2H3,(H,25,27). The zero-order chi connectivity index (χ0) is 21.6. The van der Waals surface area contributed by atoms with Crippen molar-refractivity contribution in [2.75, 3.05) is 18.4 Å². The first-order valence-electron chi connectivity index (χ1n) is 9.99. The van der Waals surface area contributed by atoms with E-state index in [9.17, 15) is 13.2 Å². The molecule has 5 nitrogen and oxygen atoms in total. The van der Waals surface area contributed by atoms with Crippen molar-refractivity contribution in [3.8, 4) is 11.1 Å². The van der Waals surface area contributed by atoms with Crippen molar-refractivity contribution in [2.45, 2.75) is 25.2 Å². The first kappa shape index (κ1) is 21.7. The molecule has 0 heterocycles. The van der Waals surface area contributed by atoms with E-state index in [2.05, 4.69) is 5.32 Å². The molecule has 0 unspecified atom stereocenters. The molecule has 0 radical (unpaired) electrons. The predicted octanol–water partition coefficient (Wildman–Crippen LogP) is 4.57. The number of carbonyl (C=O) groups is 1. The molecule has 1 amide bonds. The number of benzene rings is 3. The lowest BCUT2D eigenvalue weighted by molar-refractivity contribution is -0.115. The zero-order valence-electron chi connectivity index (χ0n) is 17.2. The zero-order valence-corrected chi connectivity index (χ0v) is 18.0. The lowest BCUT2D eigenvalue weighted by Gasteiger charge is -2.18. The Hall–Kier alpha value is -2.96. The summed E-state index contributed by atoms with van der Waals surface area (Å²) in [5.74, 6) is -0.155. The minimum atomic E-state index is -3.51. The van der Waals surface area contributed by atoms with Gasteiger partial charge in [-0.15, -0.1) is 0 Å². The number of anilines is 1. The smallest absolute Gasteiger partial charge is 0.243 e. The average molecular weight is 423 g/mol. The maximum absolute atomic E-state index is 12.6. The predicted molar refractivity (Wildman–Crippen MR) is 121 cm³/mol.